The van der Waals surface area contributed by atoms with E-state index in [9.17, 15) is 14.7 Å². The fourth-order valence-electron chi connectivity index (χ4n) is 2.71. The molecule has 1 aliphatic rings. The Morgan fingerprint density at radius 2 is 2.05 bits per heavy atom. The van der Waals surface area contributed by atoms with Crippen LogP contribution in [0.2, 0.25) is 0 Å². The summed E-state index contributed by atoms with van der Waals surface area (Å²) in [7, 11) is 0. The summed E-state index contributed by atoms with van der Waals surface area (Å²) in [6.45, 7) is 3.50. The molecule has 0 heterocycles. The number of carbonyl (C=O) groups is 2. The van der Waals surface area contributed by atoms with Crippen molar-refractivity contribution >= 4 is 12.1 Å². The zero-order valence-electron chi connectivity index (χ0n) is 11.7. The molecule has 5 heteroatoms. The van der Waals surface area contributed by atoms with Crippen LogP contribution in [0, 0.1) is 5.92 Å². The second-order valence-electron chi connectivity index (χ2n) is 5.36. The summed E-state index contributed by atoms with van der Waals surface area (Å²) in [5, 5.41) is 11.8. The number of aliphatic carboxylic acids is 1. The van der Waals surface area contributed by atoms with E-state index in [2.05, 4.69) is 11.9 Å². The SMILES string of the molecule is C=CCOC(=O)NC1(C(=O)O)CC(Cc2ccccc2)C1. The maximum atomic E-state index is 11.5. The number of amides is 1. The molecule has 0 saturated heterocycles. The first-order chi connectivity index (χ1) is 10.1. The average Bonchev–Trinajstić information content (AvgIpc) is 2.43. The number of rotatable bonds is 6. The van der Waals surface area contributed by atoms with Gasteiger partial charge in [0.2, 0.25) is 0 Å². The van der Waals surface area contributed by atoms with Gasteiger partial charge in [0.05, 0.1) is 0 Å². The van der Waals surface area contributed by atoms with Crippen molar-refractivity contribution in [1.29, 1.82) is 0 Å². The molecule has 2 N–H and O–H groups in total. The van der Waals surface area contributed by atoms with Gasteiger partial charge in [0.1, 0.15) is 12.1 Å². The summed E-state index contributed by atoms with van der Waals surface area (Å²) in [4.78, 5) is 23.0. The van der Waals surface area contributed by atoms with E-state index in [1.54, 1.807) is 0 Å². The molecule has 2 rings (SSSR count). The van der Waals surface area contributed by atoms with Crippen molar-refractivity contribution in [3.8, 4) is 0 Å². The van der Waals surface area contributed by atoms with Gasteiger partial charge >= 0.3 is 12.1 Å². The molecule has 0 bridgehead atoms. The van der Waals surface area contributed by atoms with E-state index < -0.39 is 17.6 Å². The number of benzene rings is 1. The minimum atomic E-state index is -1.20. The number of carboxylic acids is 1. The van der Waals surface area contributed by atoms with Crippen LogP contribution in [0.25, 0.3) is 0 Å². The quantitative estimate of drug-likeness (QED) is 0.788. The molecular formula is C16H19NO4. The number of alkyl carbamates (subject to hydrolysis) is 1. The summed E-state index contributed by atoms with van der Waals surface area (Å²) in [6.07, 6.45) is 2.38. The van der Waals surface area contributed by atoms with Crippen LogP contribution in [0.1, 0.15) is 18.4 Å². The van der Waals surface area contributed by atoms with E-state index >= 15 is 0 Å². The van der Waals surface area contributed by atoms with Crippen LogP contribution in [-0.2, 0) is 16.0 Å². The predicted molar refractivity (Wildman–Crippen MR) is 77.9 cm³/mol. The summed E-state index contributed by atoms with van der Waals surface area (Å²) in [5.41, 5.74) is -0.0201. The van der Waals surface area contributed by atoms with Gasteiger partial charge in [0.15, 0.2) is 0 Å². The smallest absolute Gasteiger partial charge is 0.408 e. The van der Waals surface area contributed by atoms with Crippen LogP contribution >= 0.6 is 0 Å². The van der Waals surface area contributed by atoms with Crippen LogP contribution in [0.3, 0.4) is 0 Å². The number of ether oxygens (including phenoxy) is 1. The molecule has 0 radical (unpaired) electrons. The van der Waals surface area contributed by atoms with Crippen molar-refractivity contribution in [3.05, 3.63) is 48.6 Å². The fraction of sp³-hybridized carbons (Fsp3) is 0.375. The maximum Gasteiger partial charge on any atom is 0.408 e. The van der Waals surface area contributed by atoms with Crippen LogP contribution in [0.5, 0.6) is 0 Å². The molecule has 1 aromatic carbocycles. The highest BCUT2D eigenvalue weighted by Crippen LogP contribution is 2.40. The van der Waals surface area contributed by atoms with Crippen molar-refractivity contribution in [2.45, 2.75) is 24.8 Å². The molecule has 21 heavy (non-hydrogen) atoms. The van der Waals surface area contributed by atoms with Crippen molar-refractivity contribution in [1.82, 2.24) is 5.32 Å². The number of carboxylic acid groups (broad SMARTS) is 1. The van der Waals surface area contributed by atoms with Crippen LogP contribution in [-0.4, -0.2) is 29.3 Å². The first kappa shape index (κ1) is 15.1. The Morgan fingerprint density at radius 1 is 1.38 bits per heavy atom. The maximum absolute atomic E-state index is 11.5. The third kappa shape index (κ3) is 3.62. The molecule has 0 aliphatic heterocycles. The van der Waals surface area contributed by atoms with Crippen molar-refractivity contribution < 1.29 is 19.4 Å². The van der Waals surface area contributed by atoms with Gasteiger partial charge in [0, 0.05) is 0 Å². The van der Waals surface area contributed by atoms with Gasteiger partial charge in [-0.05, 0) is 30.7 Å². The number of hydrogen-bond donors (Lipinski definition) is 2. The lowest BCUT2D eigenvalue weighted by atomic mass is 9.66. The highest BCUT2D eigenvalue weighted by atomic mass is 16.5. The second-order valence-corrected chi connectivity index (χ2v) is 5.36. The van der Waals surface area contributed by atoms with E-state index in [0.29, 0.717) is 12.8 Å². The predicted octanol–water partition coefficient (Wildman–Crippen LogP) is 2.37. The Morgan fingerprint density at radius 3 is 2.62 bits per heavy atom. The van der Waals surface area contributed by atoms with Gasteiger partial charge in [0.25, 0.3) is 0 Å². The van der Waals surface area contributed by atoms with Gasteiger partial charge in [-0.1, -0.05) is 43.0 Å². The van der Waals surface area contributed by atoms with E-state index in [4.69, 9.17) is 4.74 Å². The number of hydrogen-bond acceptors (Lipinski definition) is 3. The largest absolute Gasteiger partial charge is 0.480 e. The standard InChI is InChI=1S/C16H19NO4/c1-2-8-21-15(20)17-16(14(18)19)10-13(11-16)9-12-6-4-3-5-7-12/h2-7,13H,1,8-11H2,(H,17,20)(H,18,19). The summed E-state index contributed by atoms with van der Waals surface area (Å²) < 4.78 is 4.79. The molecule has 5 nitrogen and oxygen atoms in total. The van der Waals surface area contributed by atoms with Crippen LogP contribution in [0.4, 0.5) is 4.79 Å². The lowest BCUT2D eigenvalue weighted by molar-refractivity contribution is -0.151. The first-order valence-electron chi connectivity index (χ1n) is 6.89. The highest BCUT2D eigenvalue weighted by molar-refractivity contribution is 5.85. The molecule has 0 atom stereocenters. The molecule has 1 aliphatic carbocycles. The topological polar surface area (TPSA) is 75.6 Å². The lowest BCUT2D eigenvalue weighted by Crippen LogP contribution is -2.62. The molecule has 112 valence electrons. The fourth-order valence-corrected chi connectivity index (χ4v) is 2.71. The Labute approximate surface area is 123 Å². The monoisotopic (exact) mass is 289 g/mol. The van der Waals surface area contributed by atoms with E-state index in [0.717, 1.165) is 6.42 Å². The summed E-state index contributed by atoms with van der Waals surface area (Å²) in [5.74, 6) is -0.759. The molecule has 1 aromatic rings. The van der Waals surface area contributed by atoms with Gasteiger partial charge in [-0.25, -0.2) is 9.59 Å². The Bertz CT molecular complexity index is 520. The zero-order valence-corrected chi connectivity index (χ0v) is 11.7. The van der Waals surface area contributed by atoms with E-state index in [1.807, 2.05) is 30.3 Å². The van der Waals surface area contributed by atoms with Gasteiger partial charge in [-0.2, -0.15) is 0 Å². The second kappa shape index (κ2) is 6.43. The van der Waals surface area contributed by atoms with Gasteiger partial charge in [-0.3, -0.25) is 0 Å². The summed E-state index contributed by atoms with van der Waals surface area (Å²) >= 11 is 0. The van der Waals surface area contributed by atoms with Gasteiger partial charge in [-0.15, -0.1) is 0 Å². The Kier molecular flexibility index (Phi) is 4.62. The molecule has 0 unspecified atom stereocenters. The Hall–Kier alpha value is -2.30. The molecule has 1 amide bonds. The van der Waals surface area contributed by atoms with E-state index in [-0.39, 0.29) is 12.5 Å². The molecule has 0 aromatic heterocycles. The third-order valence-electron chi connectivity index (χ3n) is 3.72. The minimum absolute atomic E-state index is 0.0645. The first-order valence-corrected chi connectivity index (χ1v) is 6.89. The lowest BCUT2D eigenvalue weighted by Gasteiger charge is -2.44. The van der Waals surface area contributed by atoms with Crippen LogP contribution < -0.4 is 5.32 Å². The molecule has 1 fully saturated rings. The Balaban J connectivity index is 1.90. The average molecular weight is 289 g/mol. The molecule has 1 saturated carbocycles. The van der Waals surface area contributed by atoms with Crippen LogP contribution in [0.15, 0.2) is 43.0 Å². The minimum Gasteiger partial charge on any atom is -0.480 e. The molecule has 0 spiro atoms. The summed E-state index contributed by atoms with van der Waals surface area (Å²) in [6, 6.07) is 9.91. The molecular weight excluding hydrogens is 270 g/mol. The zero-order chi connectivity index (χ0) is 15.3. The van der Waals surface area contributed by atoms with Crippen molar-refractivity contribution in [3.63, 3.8) is 0 Å². The normalized spacial score (nSPS) is 23.7. The van der Waals surface area contributed by atoms with E-state index in [1.165, 1.54) is 11.6 Å². The number of nitrogens with one attached hydrogen (secondary N) is 1. The van der Waals surface area contributed by atoms with Crippen molar-refractivity contribution in [2.75, 3.05) is 6.61 Å². The van der Waals surface area contributed by atoms with Crippen molar-refractivity contribution in [2.24, 2.45) is 5.92 Å². The highest BCUT2D eigenvalue weighted by Gasteiger charge is 2.51. The third-order valence-corrected chi connectivity index (χ3v) is 3.72. The number of carbonyl (C=O) groups excluding carboxylic acids is 1. The van der Waals surface area contributed by atoms with Gasteiger partial charge < -0.3 is 15.2 Å².